The minimum absolute atomic E-state index is 0.0505. The first-order valence-corrected chi connectivity index (χ1v) is 6.75. The lowest BCUT2D eigenvalue weighted by Crippen LogP contribution is -2.40. The normalized spacial score (nSPS) is 20.4. The monoisotopic (exact) mass is 259 g/mol. The molecule has 0 aliphatic carbocycles. The van der Waals surface area contributed by atoms with Crippen LogP contribution in [0.1, 0.15) is 33.1 Å². The van der Waals surface area contributed by atoms with Gasteiger partial charge in [-0.25, -0.2) is 0 Å². The maximum atomic E-state index is 12.0. The molecule has 96 valence electrons. The van der Waals surface area contributed by atoms with Gasteiger partial charge in [-0.1, -0.05) is 13.8 Å². The summed E-state index contributed by atoms with van der Waals surface area (Å²) in [4.78, 5) is 35.5. The fourth-order valence-electron chi connectivity index (χ4n) is 1.96. The fourth-order valence-corrected chi connectivity index (χ4v) is 2.82. The van der Waals surface area contributed by atoms with Crippen molar-refractivity contribution in [1.82, 2.24) is 4.90 Å². The van der Waals surface area contributed by atoms with Gasteiger partial charge in [0.1, 0.15) is 0 Å². The highest BCUT2D eigenvalue weighted by Crippen LogP contribution is 2.28. The van der Waals surface area contributed by atoms with Crippen LogP contribution in [0, 0.1) is 0 Å². The number of likely N-dealkylation sites (tertiary alicyclic amines) is 1. The molecule has 1 fully saturated rings. The van der Waals surface area contributed by atoms with Crippen LogP contribution >= 0.6 is 11.8 Å². The van der Waals surface area contributed by atoms with Crippen LogP contribution in [0.5, 0.6) is 0 Å². The van der Waals surface area contributed by atoms with Crippen LogP contribution in [0.3, 0.4) is 0 Å². The lowest BCUT2D eigenvalue weighted by atomic mass is 10.1. The summed E-state index contributed by atoms with van der Waals surface area (Å²) in [6.07, 6.45) is 1.61. The number of carbonyl (C=O) groups is 3. The molecule has 0 spiro atoms. The highest BCUT2D eigenvalue weighted by molar-refractivity contribution is 8.01. The highest BCUT2D eigenvalue weighted by Gasteiger charge is 2.41. The Hall–Kier alpha value is -1.04. The summed E-state index contributed by atoms with van der Waals surface area (Å²) in [5.41, 5.74) is 0. The molecule has 2 amide bonds. The van der Waals surface area contributed by atoms with E-state index in [-0.39, 0.29) is 30.0 Å². The molecular weight excluding hydrogens is 242 g/mol. The van der Waals surface area contributed by atoms with Crippen molar-refractivity contribution in [1.29, 1.82) is 0 Å². The molecular formula is C11H17NO4S. The number of rotatable bonds is 6. The summed E-state index contributed by atoms with van der Waals surface area (Å²) in [6.45, 7) is 3.87. The molecule has 1 atom stereocenters. The van der Waals surface area contributed by atoms with Gasteiger partial charge >= 0.3 is 5.97 Å². The second kappa shape index (κ2) is 6.05. The van der Waals surface area contributed by atoms with Crippen LogP contribution in [0.2, 0.25) is 0 Å². The van der Waals surface area contributed by atoms with E-state index in [2.05, 4.69) is 0 Å². The van der Waals surface area contributed by atoms with Crippen molar-refractivity contribution in [3.63, 3.8) is 0 Å². The van der Waals surface area contributed by atoms with Crippen molar-refractivity contribution >= 4 is 29.5 Å². The van der Waals surface area contributed by atoms with E-state index in [0.717, 1.165) is 24.6 Å². The number of thioether (sulfide) groups is 1. The predicted octanol–water partition coefficient (Wildman–Crippen LogP) is 1.12. The first-order valence-electron chi connectivity index (χ1n) is 5.70. The molecule has 5 nitrogen and oxygen atoms in total. The van der Waals surface area contributed by atoms with Gasteiger partial charge in [-0.2, -0.15) is 0 Å². The van der Waals surface area contributed by atoms with Gasteiger partial charge in [-0.15, -0.1) is 11.8 Å². The summed E-state index contributed by atoms with van der Waals surface area (Å²) in [5.74, 6) is -1.50. The lowest BCUT2D eigenvalue weighted by Gasteiger charge is -2.24. The van der Waals surface area contributed by atoms with Crippen molar-refractivity contribution in [2.24, 2.45) is 0 Å². The van der Waals surface area contributed by atoms with Crippen LogP contribution in [0.15, 0.2) is 0 Å². The molecule has 0 aromatic rings. The lowest BCUT2D eigenvalue weighted by molar-refractivity contribution is -0.141. The molecule has 1 aliphatic rings. The molecule has 0 aromatic carbocycles. The van der Waals surface area contributed by atoms with Crippen molar-refractivity contribution < 1.29 is 19.5 Å². The van der Waals surface area contributed by atoms with Gasteiger partial charge in [0, 0.05) is 12.5 Å². The Kier molecular flexibility index (Phi) is 4.99. The van der Waals surface area contributed by atoms with Crippen molar-refractivity contribution in [2.45, 2.75) is 44.4 Å². The number of aliphatic carboxylic acids is 1. The van der Waals surface area contributed by atoms with E-state index in [0.29, 0.717) is 0 Å². The summed E-state index contributed by atoms with van der Waals surface area (Å²) < 4.78 is 0. The Bertz CT molecular complexity index is 327. The second-order valence-electron chi connectivity index (χ2n) is 3.97. The molecule has 0 aromatic heterocycles. The van der Waals surface area contributed by atoms with E-state index < -0.39 is 11.2 Å². The number of carboxylic acids is 1. The molecule has 6 heteroatoms. The minimum atomic E-state index is -0.962. The van der Waals surface area contributed by atoms with Gasteiger partial charge in [0.2, 0.25) is 11.8 Å². The molecule has 17 heavy (non-hydrogen) atoms. The first kappa shape index (κ1) is 14.0. The van der Waals surface area contributed by atoms with Crippen LogP contribution in [0.25, 0.3) is 0 Å². The molecule has 1 heterocycles. The smallest absolute Gasteiger partial charge is 0.313 e. The topological polar surface area (TPSA) is 74.7 Å². The molecule has 0 saturated carbocycles. The number of hydrogen-bond donors (Lipinski definition) is 1. The van der Waals surface area contributed by atoms with E-state index in [9.17, 15) is 14.4 Å². The Morgan fingerprint density at radius 3 is 2.53 bits per heavy atom. The third-order valence-corrected chi connectivity index (χ3v) is 4.04. The standard InChI is InChI=1S/C11H17NO4S/c1-3-7(4-2)12-9(13)5-8(11(12)16)17-6-10(14)15/h7-8H,3-6H2,1-2H3,(H,14,15). The zero-order valence-electron chi connectivity index (χ0n) is 10.0. The molecule has 0 radical (unpaired) electrons. The number of amides is 2. The van der Waals surface area contributed by atoms with Crippen LogP contribution in [-0.2, 0) is 14.4 Å². The largest absolute Gasteiger partial charge is 0.481 e. The van der Waals surface area contributed by atoms with E-state index in [4.69, 9.17) is 5.11 Å². The quantitative estimate of drug-likeness (QED) is 0.723. The number of carboxylic acid groups (broad SMARTS) is 1. The number of imide groups is 1. The zero-order chi connectivity index (χ0) is 13.0. The van der Waals surface area contributed by atoms with Gasteiger partial charge in [0.05, 0.1) is 11.0 Å². The third kappa shape index (κ3) is 3.21. The summed E-state index contributed by atoms with van der Waals surface area (Å²) in [6, 6.07) is -0.0505. The maximum Gasteiger partial charge on any atom is 0.313 e. The number of hydrogen-bond acceptors (Lipinski definition) is 4. The van der Waals surface area contributed by atoms with Crippen LogP contribution in [-0.4, -0.2) is 44.8 Å². The van der Waals surface area contributed by atoms with E-state index in [1.807, 2.05) is 13.8 Å². The average molecular weight is 259 g/mol. The fraction of sp³-hybridized carbons (Fsp3) is 0.727. The van der Waals surface area contributed by atoms with Gasteiger partial charge in [0.15, 0.2) is 0 Å². The van der Waals surface area contributed by atoms with Crippen LogP contribution < -0.4 is 0 Å². The highest BCUT2D eigenvalue weighted by atomic mass is 32.2. The average Bonchev–Trinajstić information content (AvgIpc) is 2.55. The summed E-state index contributed by atoms with van der Waals surface area (Å²) in [5, 5.41) is 8.05. The Labute approximate surface area is 105 Å². The molecule has 1 N–H and O–H groups in total. The van der Waals surface area contributed by atoms with Crippen molar-refractivity contribution in [3.05, 3.63) is 0 Å². The van der Waals surface area contributed by atoms with Gasteiger partial charge in [-0.3, -0.25) is 19.3 Å². The van der Waals surface area contributed by atoms with E-state index >= 15 is 0 Å². The van der Waals surface area contributed by atoms with Gasteiger partial charge < -0.3 is 5.11 Å². The SMILES string of the molecule is CCC(CC)N1C(=O)CC(SCC(=O)O)C1=O. The number of nitrogens with zero attached hydrogens (tertiary/aromatic N) is 1. The second-order valence-corrected chi connectivity index (χ2v) is 5.16. The van der Waals surface area contributed by atoms with E-state index in [1.165, 1.54) is 4.90 Å². The molecule has 1 rings (SSSR count). The third-order valence-electron chi connectivity index (χ3n) is 2.86. The predicted molar refractivity (Wildman–Crippen MR) is 64.7 cm³/mol. The van der Waals surface area contributed by atoms with E-state index in [1.54, 1.807) is 0 Å². The van der Waals surface area contributed by atoms with Crippen LogP contribution in [0.4, 0.5) is 0 Å². The van der Waals surface area contributed by atoms with Gasteiger partial charge in [-0.05, 0) is 12.8 Å². The first-order chi connectivity index (χ1) is 8.01. The Morgan fingerprint density at radius 2 is 2.06 bits per heavy atom. The maximum absolute atomic E-state index is 12.0. The molecule has 1 aliphatic heterocycles. The zero-order valence-corrected chi connectivity index (χ0v) is 10.8. The Morgan fingerprint density at radius 1 is 1.47 bits per heavy atom. The van der Waals surface area contributed by atoms with Crippen molar-refractivity contribution in [2.75, 3.05) is 5.75 Å². The van der Waals surface area contributed by atoms with Gasteiger partial charge in [0.25, 0.3) is 0 Å². The Balaban J connectivity index is 2.67. The summed E-state index contributed by atoms with van der Waals surface area (Å²) in [7, 11) is 0. The summed E-state index contributed by atoms with van der Waals surface area (Å²) >= 11 is 1.03. The van der Waals surface area contributed by atoms with Crippen molar-refractivity contribution in [3.8, 4) is 0 Å². The molecule has 1 saturated heterocycles. The molecule has 1 unspecified atom stereocenters. The number of carbonyl (C=O) groups excluding carboxylic acids is 2. The molecule has 0 bridgehead atoms. The minimum Gasteiger partial charge on any atom is -0.481 e.